The van der Waals surface area contributed by atoms with Crippen LogP contribution in [0.15, 0.2) is 60.4 Å². The molecule has 0 spiro atoms. The molecule has 0 bridgehead atoms. The maximum atomic E-state index is 12.2. The van der Waals surface area contributed by atoms with Gasteiger partial charge in [-0.15, -0.1) is 5.73 Å². The Morgan fingerprint density at radius 1 is 1.31 bits per heavy atom. The van der Waals surface area contributed by atoms with Gasteiger partial charge in [-0.05, 0) is 37.1 Å². The molecule has 0 heterocycles. The van der Waals surface area contributed by atoms with Crippen molar-refractivity contribution < 1.29 is 29.3 Å². The first-order chi connectivity index (χ1) is 14.0. The highest BCUT2D eigenvalue weighted by Crippen LogP contribution is 2.33. The Morgan fingerprint density at radius 3 is 2.79 bits per heavy atom. The Labute approximate surface area is 171 Å². The van der Waals surface area contributed by atoms with Gasteiger partial charge in [-0.1, -0.05) is 30.4 Å². The van der Waals surface area contributed by atoms with Crippen LogP contribution < -0.4 is 4.74 Å². The van der Waals surface area contributed by atoms with Crippen molar-refractivity contribution >= 4 is 11.8 Å². The Morgan fingerprint density at radius 2 is 2.07 bits per heavy atom. The third kappa shape index (κ3) is 7.35. The summed E-state index contributed by atoms with van der Waals surface area (Å²) in [5.41, 5.74) is 2.88. The second-order valence-electron chi connectivity index (χ2n) is 6.89. The largest absolute Gasteiger partial charge is 0.493 e. The Hall–Kier alpha value is -2.66. The van der Waals surface area contributed by atoms with Gasteiger partial charge in [-0.2, -0.15) is 0 Å². The molecule has 1 aliphatic rings. The van der Waals surface area contributed by atoms with Crippen LogP contribution in [0.25, 0.3) is 0 Å². The second kappa shape index (κ2) is 12.0. The van der Waals surface area contributed by atoms with Crippen LogP contribution >= 0.6 is 0 Å². The van der Waals surface area contributed by atoms with Crippen molar-refractivity contribution in [2.75, 3.05) is 13.7 Å². The minimum atomic E-state index is -1.22. The van der Waals surface area contributed by atoms with E-state index in [1.54, 1.807) is 6.08 Å². The first-order valence-corrected chi connectivity index (χ1v) is 9.73. The summed E-state index contributed by atoms with van der Waals surface area (Å²) in [6.07, 6.45) is 6.53. The van der Waals surface area contributed by atoms with Gasteiger partial charge in [-0.25, -0.2) is 4.79 Å². The van der Waals surface area contributed by atoms with Crippen molar-refractivity contribution in [3.8, 4) is 5.75 Å². The van der Waals surface area contributed by atoms with E-state index in [0.717, 1.165) is 5.75 Å². The number of carbonyl (C=O) groups excluding carboxylic acids is 2. The van der Waals surface area contributed by atoms with Gasteiger partial charge in [0.25, 0.3) is 0 Å². The monoisotopic (exact) mass is 400 g/mol. The molecule has 2 N–H and O–H groups in total. The Balaban J connectivity index is 1.82. The predicted molar refractivity (Wildman–Crippen MR) is 108 cm³/mol. The third-order valence-corrected chi connectivity index (χ3v) is 4.81. The van der Waals surface area contributed by atoms with Crippen LogP contribution in [0.2, 0.25) is 0 Å². The number of rotatable bonds is 10. The fourth-order valence-corrected chi connectivity index (χ4v) is 3.23. The minimum Gasteiger partial charge on any atom is -0.493 e. The number of aliphatic hydroxyl groups excluding tert-OH is 2. The van der Waals surface area contributed by atoms with Crippen molar-refractivity contribution in [1.29, 1.82) is 0 Å². The number of ether oxygens (including phenoxy) is 2. The van der Waals surface area contributed by atoms with E-state index in [-0.39, 0.29) is 30.5 Å². The zero-order chi connectivity index (χ0) is 21.1. The summed E-state index contributed by atoms with van der Waals surface area (Å²) in [5.74, 6) is -0.399. The van der Waals surface area contributed by atoms with Crippen molar-refractivity contribution in [3.05, 3.63) is 60.4 Å². The van der Waals surface area contributed by atoms with E-state index in [1.807, 2.05) is 42.5 Å². The smallest absolute Gasteiger partial charge is 0.335 e. The van der Waals surface area contributed by atoms with E-state index in [2.05, 4.69) is 10.5 Å². The number of para-hydroxylation sites is 1. The summed E-state index contributed by atoms with van der Waals surface area (Å²) in [4.78, 5) is 23.3. The molecule has 1 aliphatic carbocycles. The highest BCUT2D eigenvalue weighted by molar-refractivity contribution is 5.84. The number of Topliss-reactive ketones (excluding diaryl/α,β-unsaturated/α-hetero) is 1. The SMILES string of the molecule is COC(=O)C(O)CC=C=CC[C@H]1C(=O)C[C@@H](O)[C@@H]1C=CCCOc1ccccc1. The summed E-state index contributed by atoms with van der Waals surface area (Å²) in [6.45, 7) is 0.521. The van der Waals surface area contributed by atoms with Crippen molar-refractivity contribution in [2.45, 2.75) is 37.9 Å². The molecule has 6 heteroatoms. The summed E-state index contributed by atoms with van der Waals surface area (Å²) < 4.78 is 10.1. The fourth-order valence-electron chi connectivity index (χ4n) is 3.23. The quantitative estimate of drug-likeness (QED) is 0.271. The number of carbonyl (C=O) groups is 2. The molecule has 0 amide bonds. The van der Waals surface area contributed by atoms with Gasteiger partial charge < -0.3 is 19.7 Å². The van der Waals surface area contributed by atoms with E-state index in [1.165, 1.54) is 13.2 Å². The Bertz CT molecular complexity index is 748. The number of methoxy groups -OCH3 is 1. The summed E-state index contributed by atoms with van der Waals surface area (Å²) in [7, 11) is 1.21. The van der Waals surface area contributed by atoms with E-state index in [4.69, 9.17) is 4.74 Å². The molecular weight excluding hydrogens is 372 g/mol. The Kier molecular flexibility index (Phi) is 9.38. The number of benzene rings is 1. The van der Waals surface area contributed by atoms with Crippen LogP contribution in [0.3, 0.4) is 0 Å². The molecule has 1 aromatic carbocycles. The average Bonchev–Trinajstić information content (AvgIpc) is 3.00. The highest BCUT2D eigenvalue weighted by atomic mass is 16.5. The van der Waals surface area contributed by atoms with Crippen LogP contribution in [0.5, 0.6) is 5.75 Å². The molecule has 29 heavy (non-hydrogen) atoms. The summed E-state index contributed by atoms with van der Waals surface area (Å²) >= 11 is 0. The molecule has 0 aliphatic heterocycles. The van der Waals surface area contributed by atoms with Gasteiger partial charge in [0.15, 0.2) is 6.10 Å². The minimum absolute atomic E-state index is 0.0281. The zero-order valence-corrected chi connectivity index (χ0v) is 16.6. The molecule has 1 saturated carbocycles. The predicted octanol–water partition coefficient (Wildman–Crippen LogP) is 2.60. The lowest BCUT2D eigenvalue weighted by molar-refractivity contribution is -0.150. The molecule has 1 fully saturated rings. The number of ketones is 1. The standard InChI is InChI=1S/C23H28O6/c1-28-23(27)20(24)14-7-3-6-12-18-19(22(26)16-21(18)25)13-8-9-15-29-17-10-4-2-5-11-17/h2,4-8,10-11,13,18-20,22,24,26H,9,12,14-16H2,1H3/t3?,18-,19-,20?,22-/m1/s1. The average molecular weight is 400 g/mol. The molecule has 2 rings (SSSR count). The van der Waals surface area contributed by atoms with Gasteiger partial charge in [0.1, 0.15) is 11.5 Å². The van der Waals surface area contributed by atoms with Crippen LogP contribution in [0.4, 0.5) is 0 Å². The lowest BCUT2D eigenvalue weighted by Crippen LogP contribution is -2.20. The van der Waals surface area contributed by atoms with Gasteiger partial charge in [-0.3, -0.25) is 4.79 Å². The van der Waals surface area contributed by atoms with E-state index < -0.39 is 18.2 Å². The lowest BCUT2D eigenvalue weighted by Gasteiger charge is -2.15. The van der Waals surface area contributed by atoms with Crippen molar-refractivity contribution in [1.82, 2.24) is 0 Å². The summed E-state index contributed by atoms with van der Waals surface area (Å²) in [5, 5.41) is 19.7. The molecule has 156 valence electrons. The maximum absolute atomic E-state index is 12.2. The molecule has 1 aromatic rings. The molecule has 6 nitrogen and oxygen atoms in total. The molecule has 4 atom stereocenters. The molecular formula is C23H28O6. The van der Waals surface area contributed by atoms with Crippen molar-refractivity contribution in [3.63, 3.8) is 0 Å². The maximum Gasteiger partial charge on any atom is 0.335 e. The number of aliphatic hydroxyl groups is 2. The molecule has 0 radical (unpaired) electrons. The zero-order valence-electron chi connectivity index (χ0n) is 16.6. The normalized spacial score (nSPS) is 22.2. The third-order valence-electron chi connectivity index (χ3n) is 4.81. The van der Waals surface area contributed by atoms with Crippen LogP contribution in [-0.4, -0.2) is 47.9 Å². The van der Waals surface area contributed by atoms with E-state index in [9.17, 15) is 19.8 Å². The van der Waals surface area contributed by atoms with Gasteiger partial charge in [0.2, 0.25) is 0 Å². The van der Waals surface area contributed by atoms with E-state index >= 15 is 0 Å². The van der Waals surface area contributed by atoms with Crippen LogP contribution in [0, 0.1) is 11.8 Å². The van der Waals surface area contributed by atoms with Gasteiger partial charge in [0, 0.05) is 24.7 Å². The van der Waals surface area contributed by atoms with Crippen molar-refractivity contribution in [2.24, 2.45) is 11.8 Å². The molecule has 0 saturated heterocycles. The van der Waals surface area contributed by atoms with Gasteiger partial charge >= 0.3 is 5.97 Å². The molecule has 0 aromatic heterocycles. The van der Waals surface area contributed by atoms with Crippen LogP contribution in [0.1, 0.15) is 25.7 Å². The first-order valence-electron chi connectivity index (χ1n) is 9.73. The number of esters is 1. The number of hydrogen-bond donors (Lipinski definition) is 2. The number of hydrogen-bond acceptors (Lipinski definition) is 6. The van der Waals surface area contributed by atoms with Crippen LogP contribution in [-0.2, 0) is 14.3 Å². The lowest BCUT2D eigenvalue weighted by atomic mass is 9.90. The summed E-state index contributed by atoms with van der Waals surface area (Å²) in [6, 6.07) is 9.53. The van der Waals surface area contributed by atoms with E-state index in [0.29, 0.717) is 19.4 Å². The molecule has 1 unspecified atom stereocenters. The second-order valence-corrected chi connectivity index (χ2v) is 6.89. The first kappa shape index (κ1) is 22.6. The highest BCUT2D eigenvalue weighted by Gasteiger charge is 2.39. The fraction of sp³-hybridized carbons (Fsp3) is 0.435. The van der Waals surface area contributed by atoms with Gasteiger partial charge in [0.05, 0.1) is 19.8 Å². The topological polar surface area (TPSA) is 93.1 Å².